The van der Waals surface area contributed by atoms with E-state index in [9.17, 15) is 9.90 Å². The number of carbonyl (C=O) groups is 1. The van der Waals surface area contributed by atoms with Crippen molar-refractivity contribution in [2.75, 3.05) is 0 Å². The van der Waals surface area contributed by atoms with Gasteiger partial charge in [-0.2, -0.15) is 5.10 Å². The number of aromatic nitrogens is 2. The molecule has 1 heterocycles. The zero-order valence-corrected chi connectivity index (χ0v) is 8.75. The highest BCUT2D eigenvalue weighted by molar-refractivity contribution is 6.32. The second-order valence-electron chi connectivity index (χ2n) is 3.71. The van der Waals surface area contributed by atoms with Gasteiger partial charge in [-0.1, -0.05) is 11.6 Å². The lowest BCUT2D eigenvalue weighted by Crippen LogP contribution is -2.26. The summed E-state index contributed by atoms with van der Waals surface area (Å²) in [4.78, 5) is 10.8. The second kappa shape index (κ2) is 3.59. The number of hydrogen-bond acceptors (Lipinski definition) is 3. The van der Waals surface area contributed by atoms with Crippen molar-refractivity contribution in [2.45, 2.75) is 26.0 Å². The maximum Gasteiger partial charge on any atom is 0.253 e. The van der Waals surface area contributed by atoms with Crippen molar-refractivity contribution >= 4 is 17.5 Å². The molecule has 3 N–H and O–H groups in total. The SMILES string of the molecule is CC(C)(O)Cn1cc(C(N)=O)c(Cl)n1. The molecule has 78 valence electrons. The lowest BCUT2D eigenvalue weighted by Gasteiger charge is -2.16. The van der Waals surface area contributed by atoms with Crippen molar-refractivity contribution in [3.8, 4) is 0 Å². The van der Waals surface area contributed by atoms with Gasteiger partial charge in [-0.05, 0) is 13.8 Å². The number of aliphatic hydroxyl groups is 1. The van der Waals surface area contributed by atoms with Crippen LogP contribution in [0.1, 0.15) is 24.2 Å². The largest absolute Gasteiger partial charge is 0.389 e. The quantitative estimate of drug-likeness (QED) is 0.769. The van der Waals surface area contributed by atoms with E-state index >= 15 is 0 Å². The van der Waals surface area contributed by atoms with E-state index in [1.807, 2.05) is 0 Å². The number of amides is 1. The van der Waals surface area contributed by atoms with E-state index in [0.29, 0.717) is 0 Å². The highest BCUT2D eigenvalue weighted by atomic mass is 35.5. The molecule has 1 aromatic heterocycles. The zero-order chi connectivity index (χ0) is 10.9. The van der Waals surface area contributed by atoms with E-state index in [0.717, 1.165) is 0 Å². The van der Waals surface area contributed by atoms with E-state index in [4.69, 9.17) is 17.3 Å². The van der Waals surface area contributed by atoms with Crippen molar-refractivity contribution in [3.05, 3.63) is 16.9 Å². The number of nitrogens with zero attached hydrogens (tertiary/aromatic N) is 2. The van der Waals surface area contributed by atoms with Crippen LogP contribution < -0.4 is 5.73 Å². The number of primary amides is 1. The minimum atomic E-state index is -0.912. The Bertz CT molecular complexity index is 354. The Morgan fingerprint density at radius 3 is 2.71 bits per heavy atom. The van der Waals surface area contributed by atoms with Gasteiger partial charge in [-0.15, -0.1) is 0 Å². The molecule has 0 unspecified atom stereocenters. The van der Waals surface area contributed by atoms with Gasteiger partial charge in [0.25, 0.3) is 5.91 Å². The molecule has 0 spiro atoms. The molecule has 0 aliphatic rings. The van der Waals surface area contributed by atoms with Crippen molar-refractivity contribution in [1.29, 1.82) is 0 Å². The monoisotopic (exact) mass is 217 g/mol. The van der Waals surface area contributed by atoms with E-state index in [-0.39, 0.29) is 17.3 Å². The third-order valence-electron chi connectivity index (χ3n) is 1.53. The molecular weight excluding hydrogens is 206 g/mol. The molecule has 0 bridgehead atoms. The molecule has 0 radical (unpaired) electrons. The third-order valence-corrected chi connectivity index (χ3v) is 1.81. The summed E-state index contributed by atoms with van der Waals surface area (Å²) in [7, 11) is 0. The molecular formula is C8H12ClN3O2. The molecule has 0 aliphatic heterocycles. The summed E-state index contributed by atoms with van der Waals surface area (Å²) >= 11 is 5.65. The minimum absolute atomic E-state index is 0.0572. The smallest absolute Gasteiger partial charge is 0.253 e. The number of carbonyl (C=O) groups excluding carboxylic acids is 1. The van der Waals surface area contributed by atoms with Gasteiger partial charge in [0.05, 0.1) is 17.7 Å². The average Bonchev–Trinajstić information content (AvgIpc) is 2.26. The van der Waals surface area contributed by atoms with Gasteiger partial charge >= 0.3 is 0 Å². The second-order valence-corrected chi connectivity index (χ2v) is 4.07. The van der Waals surface area contributed by atoms with Gasteiger partial charge in [-0.25, -0.2) is 0 Å². The van der Waals surface area contributed by atoms with Crippen LogP contribution in [0, 0.1) is 0 Å². The molecule has 0 aromatic carbocycles. The summed E-state index contributed by atoms with van der Waals surface area (Å²) < 4.78 is 1.39. The molecule has 14 heavy (non-hydrogen) atoms. The van der Waals surface area contributed by atoms with Crippen LogP contribution in [0.3, 0.4) is 0 Å². The van der Waals surface area contributed by atoms with Crippen LogP contribution in [0.25, 0.3) is 0 Å². The molecule has 0 atom stereocenters. The van der Waals surface area contributed by atoms with Crippen molar-refractivity contribution in [3.63, 3.8) is 0 Å². The van der Waals surface area contributed by atoms with Crippen LogP contribution in [0.2, 0.25) is 5.15 Å². The Hall–Kier alpha value is -1.07. The third kappa shape index (κ3) is 2.71. The van der Waals surface area contributed by atoms with Crippen LogP contribution in [-0.4, -0.2) is 26.4 Å². The molecule has 6 heteroatoms. The zero-order valence-electron chi connectivity index (χ0n) is 7.99. The van der Waals surface area contributed by atoms with Crippen LogP contribution in [0.4, 0.5) is 0 Å². The number of nitrogens with two attached hydrogens (primary N) is 1. The molecule has 0 fully saturated rings. The predicted octanol–water partition coefficient (Wildman–Crippen LogP) is 0.406. The Morgan fingerprint density at radius 2 is 2.36 bits per heavy atom. The molecule has 1 aromatic rings. The molecule has 1 rings (SSSR count). The van der Waals surface area contributed by atoms with Crippen LogP contribution >= 0.6 is 11.6 Å². The van der Waals surface area contributed by atoms with Crippen molar-refractivity contribution in [1.82, 2.24) is 9.78 Å². The van der Waals surface area contributed by atoms with Gasteiger partial charge in [0, 0.05) is 6.20 Å². The fourth-order valence-corrected chi connectivity index (χ4v) is 1.28. The Labute approximate surface area is 86.5 Å². The topological polar surface area (TPSA) is 81.1 Å². The normalized spacial score (nSPS) is 11.7. The molecule has 1 amide bonds. The molecule has 0 saturated heterocycles. The summed E-state index contributed by atoms with van der Waals surface area (Å²) in [5, 5.41) is 13.4. The first kappa shape index (κ1) is 11.0. The predicted molar refractivity (Wildman–Crippen MR) is 52.1 cm³/mol. The summed E-state index contributed by atoms with van der Waals surface area (Å²) in [5.74, 6) is -0.628. The van der Waals surface area contributed by atoms with E-state index in [2.05, 4.69) is 5.10 Å². The molecule has 0 saturated carbocycles. The maximum atomic E-state index is 10.8. The first-order valence-electron chi connectivity index (χ1n) is 4.05. The summed E-state index contributed by atoms with van der Waals surface area (Å²) in [5.41, 5.74) is 4.30. The standard InChI is InChI=1S/C8H12ClN3O2/c1-8(2,14)4-12-3-5(7(10)13)6(9)11-12/h3,14H,4H2,1-2H3,(H2,10,13). The van der Waals surface area contributed by atoms with E-state index < -0.39 is 11.5 Å². The fourth-order valence-electron chi connectivity index (χ4n) is 1.04. The number of rotatable bonds is 3. The van der Waals surface area contributed by atoms with Gasteiger partial charge < -0.3 is 10.8 Å². The fraction of sp³-hybridized carbons (Fsp3) is 0.500. The minimum Gasteiger partial charge on any atom is -0.389 e. The number of hydrogen-bond donors (Lipinski definition) is 2. The first-order valence-corrected chi connectivity index (χ1v) is 4.42. The van der Waals surface area contributed by atoms with E-state index in [1.165, 1.54) is 10.9 Å². The lowest BCUT2D eigenvalue weighted by molar-refractivity contribution is 0.0577. The Balaban J connectivity index is 2.92. The average molecular weight is 218 g/mol. The summed E-state index contributed by atoms with van der Waals surface area (Å²) in [6.07, 6.45) is 1.42. The van der Waals surface area contributed by atoms with Crippen molar-refractivity contribution < 1.29 is 9.90 Å². The van der Waals surface area contributed by atoms with Crippen LogP contribution in [0.15, 0.2) is 6.20 Å². The van der Waals surface area contributed by atoms with Crippen LogP contribution in [0.5, 0.6) is 0 Å². The highest BCUT2D eigenvalue weighted by Crippen LogP contribution is 2.14. The highest BCUT2D eigenvalue weighted by Gasteiger charge is 2.17. The summed E-state index contributed by atoms with van der Waals surface area (Å²) in [6.45, 7) is 3.51. The van der Waals surface area contributed by atoms with Gasteiger partial charge in [0.1, 0.15) is 0 Å². The Morgan fingerprint density at radius 1 is 1.79 bits per heavy atom. The van der Waals surface area contributed by atoms with E-state index in [1.54, 1.807) is 13.8 Å². The summed E-state index contributed by atoms with van der Waals surface area (Å²) in [6, 6.07) is 0. The Kier molecular flexibility index (Phi) is 2.82. The number of halogens is 1. The molecule has 0 aliphatic carbocycles. The van der Waals surface area contributed by atoms with Gasteiger partial charge in [-0.3, -0.25) is 9.48 Å². The van der Waals surface area contributed by atoms with Gasteiger partial charge in [0.2, 0.25) is 0 Å². The first-order chi connectivity index (χ1) is 6.29. The van der Waals surface area contributed by atoms with Crippen LogP contribution in [-0.2, 0) is 6.54 Å². The van der Waals surface area contributed by atoms with Gasteiger partial charge in [0.15, 0.2) is 5.15 Å². The lowest BCUT2D eigenvalue weighted by atomic mass is 10.1. The molecule has 5 nitrogen and oxygen atoms in total. The van der Waals surface area contributed by atoms with Crippen molar-refractivity contribution in [2.24, 2.45) is 5.73 Å². The maximum absolute atomic E-state index is 10.8.